The standard InChI is InChI=1S/C14H28N4O4S/c1-15-5-9-17(10-6-15)23(20,21)18-11-7-16(8-12-18)14(19)4-3-13-22-2/h3-13H2,1-2H3. The summed E-state index contributed by atoms with van der Waals surface area (Å²) in [6, 6.07) is 0. The van der Waals surface area contributed by atoms with Crippen LogP contribution >= 0.6 is 0 Å². The molecule has 0 spiro atoms. The maximum Gasteiger partial charge on any atom is 0.282 e. The Hall–Kier alpha value is -0.740. The first-order valence-electron chi connectivity index (χ1n) is 8.15. The van der Waals surface area contributed by atoms with E-state index in [1.807, 2.05) is 7.05 Å². The number of carbonyl (C=O) groups is 1. The zero-order valence-electron chi connectivity index (χ0n) is 14.1. The van der Waals surface area contributed by atoms with Gasteiger partial charge in [-0.3, -0.25) is 4.79 Å². The lowest BCUT2D eigenvalue weighted by Crippen LogP contribution is -2.57. The lowest BCUT2D eigenvalue weighted by molar-refractivity contribution is -0.132. The summed E-state index contributed by atoms with van der Waals surface area (Å²) in [6.45, 7) is 4.87. The number of carbonyl (C=O) groups excluding carboxylic acids is 1. The predicted octanol–water partition coefficient (Wildman–Crippen LogP) is -0.951. The normalized spacial score (nSPS) is 22.4. The number of nitrogens with zero attached hydrogens (tertiary/aromatic N) is 4. The molecule has 9 heteroatoms. The van der Waals surface area contributed by atoms with Gasteiger partial charge in [-0.25, -0.2) is 0 Å². The molecule has 0 saturated carbocycles. The Morgan fingerprint density at radius 2 is 1.48 bits per heavy atom. The number of ether oxygens (including phenoxy) is 1. The van der Waals surface area contributed by atoms with Gasteiger partial charge in [0.2, 0.25) is 5.91 Å². The Labute approximate surface area is 139 Å². The summed E-state index contributed by atoms with van der Waals surface area (Å²) in [4.78, 5) is 15.9. The number of likely N-dealkylation sites (N-methyl/N-ethyl adjacent to an activating group) is 1. The molecule has 23 heavy (non-hydrogen) atoms. The molecule has 0 N–H and O–H groups in total. The molecule has 2 saturated heterocycles. The van der Waals surface area contributed by atoms with Gasteiger partial charge in [0, 0.05) is 72.5 Å². The minimum absolute atomic E-state index is 0.0821. The zero-order chi connectivity index (χ0) is 16.9. The van der Waals surface area contributed by atoms with Gasteiger partial charge in [0.05, 0.1) is 0 Å². The molecule has 2 heterocycles. The van der Waals surface area contributed by atoms with Crippen LogP contribution in [0.1, 0.15) is 12.8 Å². The van der Waals surface area contributed by atoms with Crippen molar-refractivity contribution in [2.75, 3.05) is 73.1 Å². The van der Waals surface area contributed by atoms with Crippen LogP contribution in [0.25, 0.3) is 0 Å². The highest BCUT2D eigenvalue weighted by molar-refractivity contribution is 7.86. The maximum absolute atomic E-state index is 12.6. The lowest BCUT2D eigenvalue weighted by Gasteiger charge is -2.39. The van der Waals surface area contributed by atoms with Crippen molar-refractivity contribution in [1.82, 2.24) is 18.4 Å². The Morgan fingerprint density at radius 3 is 2.00 bits per heavy atom. The zero-order valence-corrected chi connectivity index (χ0v) is 14.9. The summed E-state index contributed by atoms with van der Waals surface area (Å²) in [7, 11) is 0.219. The fourth-order valence-electron chi connectivity index (χ4n) is 2.88. The summed E-state index contributed by atoms with van der Waals surface area (Å²) in [5.74, 6) is 0.0821. The predicted molar refractivity (Wildman–Crippen MR) is 87.3 cm³/mol. The van der Waals surface area contributed by atoms with Gasteiger partial charge in [0.15, 0.2) is 0 Å². The van der Waals surface area contributed by atoms with E-state index in [-0.39, 0.29) is 5.91 Å². The van der Waals surface area contributed by atoms with Crippen molar-refractivity contribution in [3.63, 3.8) is 0 Å². The van der Waals surface area contributed by atoms with Crippen LogP contribution in [0.2, 0.25) is 0 Å². The van der Waals surface area contributed by atoms with Gasteiger partial charge in [0.1, 0.15) is 0 Å². The van der Waals surface area contributed by atoms with Gasteiger partial charge in [0.25, 0.3) is 10.2 Å². The third-order valence-electron chi connectivity index (χ3n) is 4.45. The highest BCUT2D eigenvalue weighted by Crippen LogP contribution is 2.15. The third-order valence-corrected chi connectivity index (χ3v) is 6.48. The number of piperazine rings is 2. The number of hydrogen-bond acceptors (Lipinski definition) is 5. The van der Waals surface area contributed by atoms with Gasteiger partial charge >= 0.3 is 0 Å². The fraction of sp³-hybridized carbons (Fsp3) is 0.929. The van der Waals surface area contributed by atoms with Gasteiger partial charge < -0.3 is 14.5 Å². The number of rotatable bonds is 6. The van der Waals surface area contributed by atoms with E-state index in [0.29, 0.717) is 58.7 Å². The average molecular weight is 348 g/mol. The molecular weight excluding hydrogens is 320 g/mol. The first kappa shape index (κ1) is 18.6. The van der Waals surface area contributed by atoms with Gasteiger partial charge in [-0.05, 0) is 13.5 Å². The molecule has 2 aliphatic heterocycles. The lowest BCUT2D eigenvalue weighted by atomic mass is 10.2. The maximum atomic E-state index is 12.6. The molecule has 0 atom stereocenters. The molecule has 0 aromatic carbocycles. The molecule has 1 amide bonds. The van der Waals surface area contributed by atoms with E-state index in [1.165, 1.54) is 4.31 Å². The van der Waals surface area contributed by atoms with E-state index in [1.54, 1.807) is 16.3 Å². The third kappa shape index (κ3) is 4.87. The van der Waals surface area contributed by atoms with Crippen LogP contribution in [-0.2, 0) is 19.7 Å². The summed E-state index contributed by atoms with van der Waals surface area (Å²) < 4.78 is 33.3. The minimum atomic E-state index is -3.40. The van der Waals surface area contributed by atoms with E-state index < -0.39 is 10.2 Å². The highest BCUT2D eigenvalue weighted by atomic mass is 32.2. The van der Waals surface area contributed by atoms with E-state index in [9.17, 15) is 13.2 Å². The van der Waals surface area contributed by atoms with Crippen molar-refractivity contribution in [1.29, 1.82) is 0 Å². The van der Waals surface area contributed by atoms with Crippen LogP contribution in [0.4, 0.5) is 0 Å². The van der Waals surface area contributed by atoms with Gasteiger partial charge in [-0.1, -0.05) is 0 Å². The van der Waals surface area contributed by atoms with Gasteiger partial charge in [-0.15, -0.1) is 0 Å². The van der Waals surface area contributed by atoms with Crippen LogP contribution in [0, 0.1) is 0 Å². The van der Waals surface area contributed by atoms with Crippen molar-refractivity contribution >= 4 is 16.1 Å². The molecule has 0 radical (unpaired) electrons. The first-order chi connectivity index (χ1) is 10.9. The summed E-state index contributed by atoms with van der Waals surface area (Å²) in [5, 5.41) is 0. The number of hydrogen-bond donors (Lipinski definition) is 0. The Balaban J connectivity index is 1.82. The second-order valence-corrected chi connectivity index (χ2v) is 8.01. The minimum Gasteiger partial charge on any atom is -0.385 e. The fourth-order valence-corrected chi connectivity index (χ4v) is 4.45. The van der Waals surface area contributed by atoms with E-state index in [0.717, 1.165) is 13.1 Å². The van der Waals surface area contributed by atoms with Crippen molar-refractivity contribution in [3.05, 3.63) is 0 Å². The van der Waals surface area contributed by atoms with E-state index in [4.69, 9.17) is 4.74 Å². The largest absolute Gasteiger partial charge is 0.385 e. The number of methoxy groups -OCH3 is 1. The van der Waals surface area contributed by atoms with Crippen LogP contribution in [0.3, 0.4) is 0 Å². The molecule has 2 aliphatic rings. The smallest absolute Gasteiger partial charge is 0.282 e. The van der Waals surface area contributed by atoms with Crippen molar-refractivity contribution in [2.45, 2.75) is 12.8 Å². The molecule has 2 fully saturated rings. The molecular formula is C14H28N4O4S. The SMILES string of the molecule is COCCCC(=O)N1CCN(S(=O)(=O)N2CCN(C)CC2)CC1. The Bertz CT molecular complexity index is 483. The van der Waals surface area contributed by atoms with Crippen LogP contribution in [0.15, 0.2) is 0 Å². The van der Waals surface area contributed by atoms with Crippen molar-refractivity contribution in [3.8, 4) is 0 Å². The molecule has 0 aromatic heterocycles. The average Bonchev–Trinajstić information content (AvgIpc) is 2.55. The molecule has 0 aliphatic carbocycles. The number of amides is 1. The van der Waals surface area contributed by atoms with Crippen molar-refractivity contribution < 1.29 is 17.9 Å². The van der Waals surface area contributed by atoms with Gasteiger partial charge in [-0.2, -0.15) is 17.0 Å². The monoisotopic (exact) mass is 348 g/mol. The molecule has 0 bridgehead atoms. The quantitative estimate of drug-likeness (QED) is 0.579. The molecule has 0 aromatic rings. The van der Waals surface area contributed by atoms with Crippen LogP contribution in [-0.4, -0.2) is 106 Å². The van der Waals surface area contributed by atoms with Crippen molar-refractivity contribution in [2.24, 2.45) is 0 Å². The summed E-state index contributed by atoms with van der Waals surface area (Å²) >= 11 is 0. The van der Waals surface area contributed by atoms with E-state index in [2.05, 4.69) is 4.90 Å². The van der Waals surface area contributed by atoms with E-state index >= 15 is 0 Å². The molecule has 134 valence electrons. The molecule has 8 nitrogen and oxygen atoms in total. The second kappa shape index (κ2) is 8.39. The Kier molecular flexibility index (Phi) is 6.78. The van der Waals surface area contributed by atoms with Crippen LogP contribution < -0.4 is 0 Å². The second-order valence-electron chi connectivity index (χ2n) is 6.09. The Morgan fingerprint density at radius 1 is 0.957 bits per heavy atom. The van der Waals surface area contributed by atoms with Crippen LogP contribution in [0.5, 0.6) is 0 Å². The summed E-state index contributed by atoms with van der Waals surface area (Å²) in [5.41, 5.74) is 0. The summed E-state index contributed by atoms with van der Waals surface area (Å²) in [6.07, 6.45) is 1.16. The topological polar surface area (TPSA) is 73.4 Å². The first-order valence-corrected chi connectivity index (χ1v) is 9.55. The molecule has 2 rings (SSSR count). The highest BCUT2D eigenvalue weighted by Gasteiger charge is 2.34. The molecule has 0 unspecified atom stereocenters.